The number of nitrogens with one attached hydrogen (secondary N) is 1. The molecule has 0 unspecified atom stereocenters. The number of halogens is 1. The monoisotopic (exact) mass is 456 g/mol. The van der Waals surface area contributed by atoms with Gasteiger partial charge in [-0.25, -0.2) is 5.01 Å². The molecule has 0 saturated carbocycles. The molecule has 2 aliphatic rings. The summed E-state index contributed by atoms with van der Waals surface area (Å²) < 4.78 is 6.44. The summed E-state index contributed by atoms with van der Waals surface area (Å²) in [5.41, 5.74) is 1.40. The van der Waals surface area contributed by atoms with Crippen LogP contribution < -0.4 is 20.6 Å². The van der Waals surface area contributed by atoms with Crippen LogP contribution in [0.3, 0.4) is 0 Å². The van der Waals surface area contributed by atoms with Crippen molar-refractivity contribution in [3.63, 3.8) is 0 Å². The van der Waals surface area contributed by atoms with Gasteiger partial charge in [-0.3, -0.25) is 15.1 Å². The fourth-order valence-corrected chi connectivity index (χ4v) is 3.78. The maximum absolute atomic E-state index is 12.9. The summed E-state index contributed by atoms with van der Waals surface area (Å²) in [6.45, 7) is 4.10. The van der Waals surface area contributed by atoms with E-state index in [4.69, 9.17) is 9.73 Å². The second-order valence-corrected chi connectivity index (χ2v) is 7.80. The number of carbonyl (C=O) groups is 1. The highest BCUT2D eigenvalue weighted by Crippen LogP contribution is 2.31. The molecule has 0 bridgehead atoms. The molecule has 0 aromatic heterocycles. The van der Waals surface area contributed by atoms with Gasteiger partial charge in [0, 0.05) is 9.69 Å². The number of amidine groups is 1. The van der Waals surface area contributed by atoms with Gasteiger partial charge >= 0.3 is 0 Å². The summed E-state index contributed by atoms with van der Waals surface area (Å²) in [4.78, 5) is 17.7. The van der Waals surface area contributed by atoms with Gasteiger partial charge in [0.25, 0.3) is 5.91 Å². The van der Waals surface area contributed by atoms with Crippen LogP contribution in [0.25, 0.3) is 5.70 Å². The second kappa shape index (κ2) is 7.81. The molecule has 2 aliphatic heterocycles. The molecule has 1 amide bonds. The van der Waals surface area contributed by atoms with E-state index >= 15 is 0 Å². The van der Waals surface area contributed by atoms with Crippen LogP contribution in [0.5, 0.6) is 5.75 Å². The average molecular weight is 457 g/mol. The molecule has 2 heterocycles. The van der Waals surface area contributed by atoms with E-state index in [1.807, 2.05) is 48.7 Å². The van der Waals surface area contributed by atoms with Gasteiger partial charge in [0.15, 0.2) is 11.3 Å². The lowest BCUT2D eigenvalue weighted by Crippen LogP contribution is -2.50. The zero-order valence-electron chi connectivity index (χ0n) is 15.1. The van der Waals surface area contributed by atoms with Gasteiger partial charge in [0.2, 0.25) is 0 Å². The van der Waals surface area contributed by atoms with E-state index < -0.39 is 6.17 Å². The summed E-state index contributed by atoms with van der Waals surface area (Å²) in [5.74, 6) is 0.558. The number of carbonyl (C=O) groups excluding carboxylic acids is 1. The van der Waals surface area contributed by atoms with Gasteiger partial charge in [-0.05, 0) is 42.2 Å². The standard InChI is InChI=1S/C20H17BrN4O2S/c1-3-10-27-14-7-4-12(5-8-14)18-22-16-9-6-13(21)11-15(16)17-19(26)23-20(28-2)24-25(17)18/h3-9,11,18H,1,10H2,2H3,(H,23,24,26)/t18-/m1/s1. The number of thioether (sulfide) groups is 1. The molecule has 0 fully saturated rings. The quantitative estimate of drug-likeness (QED) is 0.717. The fourth-order valence-electron chi connectivity index (χ4n) is 3.05. The number of hydrazone groups is 1. The first-order chi connectivity index (χ1) is 13.6. The number of rotatable bonds is 4. The highest BCUT2D eigenvalue weighted by molar-refractivity contribution is 9.10. The Morgan fingerprint density at radius 3 is 2.82 bits per heavy atom. The van der Waals surface area contributed by atoms with E-state index in [1.165, 1.54) is 11.8 Å². The molecule has 6 nitrogen and oxygen atoms in total. The number of ether oxygens (including phenoxy) is 1. The minimum absolute atomic E-state index is 0.190. The highest BCUT2D eigenvalue weighted by atomic mass is 79.9. The predicted molar refractivity (Wildman–Crippen MR) is 114 cm³/mol. The predicted octanol–water partition coefficient (Wildman–Crippen LogP) is 2.52. The van der Waals surface area contributed by atoms with Crippen molar-refractivity contribution in [1.29, 1.82) is 0 Å². The Balaban J connectivity index is 1.85. The molecule has 4 rings (SSSR count). The van der Waals surface area contributed by atoms with E-state index in [1.54, 1.807) is 11.1 Å². The van der Waals surface area contributed by atoms with Crippen LogP contribution >= 0.6 is 27.7 Å². The van der Waals surface area contributed by atoms with Crippen molar-refractivity contribution in [2.45, 2.75) is 6.17 Å². The smallest absolute Gasteiger partial charge is 0.276 e. The van der Waals surface area contributed by atoms with Gasteiger partial charge in [0.05, 0.1) is 5.36 Å². The Morgan fingerprint density at radius 2 is 2.11 bits per heavy atom. The molecule has 28 heavy (non-hydrogen) atoms. The summed E-state index contributed by atoms with van der Waals surface area (Å²) in [6, 6.07) is 13.4. The first-order valence-corrected chi connectivity index (χ1v) is 10.6. The molecular weight excluding hydrogens is 440 g/mol. The summed E-state index contributed by atoms with van der Waals surface area (Å²) in [5, 5.41) is 11.2. The van der Waals surface area contributed by atoms with Gasteiger partial charge in [-0.1, -0.05) is 52.5 Å². The lowest BCUT2D eigenvalue weighted by molar-refractivity contribution is -0.116. The SMILES string of the molecule is C=CCOc1ccc([C@@H]2N=c3ccc(Br)cc3=C3C(=O)NC(SC)=NN32)cc1. The van der Waals surface area contributed by atoms with E-state index in [2.05, 4.69) is 32.9 Å². The van der Waals surface area contributed by atoms with Crippen LogP contribution in [0.2, 0.25) is 0 Å². The van der Waals surface area contributed by atoms with Crippen molar-refractivity contribution in [3.8, 4) is 5.75 Å². The summed E-state index contributed by atoms with van der Waals surface area (Å²) in [7, 11) is 0. The number of hydrogen-bond donors (Lipinski definition) is 1. The lowest BCUT2D eigenvalue weighted by Gasteiger charge is -2.34. The number of amides is 1. The molecule has 0 aliphatic carbocycles. The number of benzene rings is 2. The maximum atomic E-state index is 12.9. The van der Waals surface area contributed by atoms with Gasteiger partial charge in [0.1, 0.15) is 18.1 Å². The molecule has 1 atom stereocenters. The Kier molecular flexibility index (Phi) is 5.23. The first kappa shape index (κ1) is 18.8. The third-order valence-electron chi connectivity index (χ3n) is 4.31. The molecular formula is C20H17BrN4O2S. The van der Waals surface area contributed by atoms with Gasteiger partial charge in [-0.2, -0.15) is 0 Å². The number of nitrogens with zero attached hydrogens (tertiary/aromatic N) is 3. The number of hydrogen-bond acceptors (Lipinski definition) is 6. The van der Waals surface area contributed by atoms with E-state index in [0.29, 0.717) is 17.5 Å². The molecule has 2 aromatic carbocycles. The van der Waals surface area contributed by atoms with Gasteiger partial charge in [-0.15, -0.1) is 5.10 Å². The minimum Gasteiger partial charge on any atom is -0.490 e. The van der Waals surface area contributed by atoms with Crippen LogP contribution in [0, 0.1) is 0 Å². The van der Waals surface area contributed by atoms with Crippen LogP contribution in [-0.4, -0.2) is 28.9 Å². The zero-order chi connectivity index (χ0) is 19.7. The van der Waals surface area contributed by atoms with Crippen molar-refractivity contribution in [2.24, 2.45) is 10.1 Å². The zero-order valence-corrected chi connectivity index (χ0v) is 17.5. The van der Waals surface area contributed by atoms with E-state index in [-0.39, 0.29) is 5.91 Å². The van der Waals surface area contributed by atoms with E-state index in [0.717, 1.165) is 26.4 Å². The highest BCUT2D eigenvalue weighted by Gasteiger charge is 2.34. The topological polar surface area (TPSA) is 66.3 Å². The van der Waals surface area contributed by atoms with Crippen molar-refractivity contribution in [1.82, 2.24) is 10.3 Å². The van der Waals surface area contributed by atoms with Crippen LogP contribution in [0.15, 0.2) is 69.7 Å². The lowest BCUT2D eigenvalue weighted by atomic mass is 10.1. The number of fused-ring (bicyclic) bond motifs is 2. The van der Waals surface area contributed by atoms with E-state index in [9.17, 15) is 4.79 Å². The molecule has 0 saturated heterocycles. The van der Waals surface area contributed by atoms with Crippen LogP contribution in [0.4, 0.5) is 0 Å². The summed E-state index contributed by atoms with van der Waals surface area (Å²) >= 11 is 4.86. The third-order valence-corrected chi connectivity index (χ3v) is 5.37. The molecule has 2 aromatic rings. The largest absolute Gasteiger partial charge is 0.490 e. The Hall–Kier alpha value is -2.58. The summed E-state index contributed by atoms with van der Waals surface area (Å²) in [6.07, 6.45) is 3.13. The second-order valence-electron chi connectivity index (χ2n) is 6.09. The normalized spacial score (nSPS) is 17.7. The van der Waals surface area contributed by atoms with Crippen molar-refractivity contribution >= 4 is 44.5 Å². The van der Waals surface area contributed by atoms with Crippen molar-refractivity contribution in [3.05, 3.63) is 75.7 Å². The minimum atomic E-state index is -0.440. The molecule has 8 heteroatoms. The third kappa shape index (κ3) is 3.45. The average Bonchev–Trinajstić information content (AvgIpc) is 2.71. The first-order valence-electron chi connectivity index (χ1n) is 8.55. The van der Waals surface area contributed by atoms with Crippen LogP contribution in [-0.2, 0) is 4.79 Å². The van der Waals surface area contributed by atoms with Crippen LogP contribution in [0.1, 0.15) is 11.7 Å². The Bertz CT molecular complexity index is 1100. The fraction of sp³-hybridized carbons (Fsp3) is 0.150. The van der Waals surface area contributed by atoms with Gasteiger partial charge < -0.3 is 4.74 Å². The Morgan fingerprint density at radius 1 is 1.32 bits per heavy atom. The molecule has 0 spiro atoms. The molecule has 0 radical (unpaired) electrons. The Labute approximate surface area is 174 Å². The van der Waals surface area contributed by atoms with Crippen molar-refractivity contribution < 1.29 is 9.53 Å². The van der Waals surface area contributed by atoms with Crippen molar-refractivity contribution in [2.75, 3.05) is 12.9 Å². The molecule has 1 N–H and O–H groups in total. The maximum Gasteiger partial charge on any atom is 0.276 e. The molecule has 142 valence electrons.